The van der Waals surface area contributed by atoms with E-state index < -0.39 is 0 Å². The van der Waals surface area contributed by atoms with E-state index in [1.165, 1.54) is 43.6 Å². The van der Waals surface area contributed by atoms with Gasteiger partial charge < -0.3 is 13.6 Å². The molecular formula is C33H30BrN3O. The zero-order valence-corrected chi connectivity index (χ0v) is 23.3. The highest BCUT2D eigenvalue weighted by atomic mass is 79.9. The average Bonchev–Trinajstić information content (AvgIpc) is 3.67. The average molecular weight is 565 g/mol. The number of aryl methyl sites for hydroxylation is 2. The summed E-state index contributed by atoms with van der Waals surface area (Å²) in [5, 5.41) is 5.23. The molecule has 0 saturated heterocycles. The van der Waals surface area contributed by atoms with Crippen LogP contribution in [0.4, 0.5) is 0 Å². The van der Waals surface area contributed by atoms with E-state index in [4.69, 9.17) is 4.42 Å². The van der Waals surface area contributed by atoms with Crippen LogP contribution in [0.1, 0.15) is 26.7 Å². The summed E-state index contributed by atoms with van der Waals surface area (Å²) in [6.45, 7) is 6.54. The van der Waals surface area contributed by atoms with Crippen LogP contribution in [0.2, 0.25) is 0 Å². The Kier molecular flexibility index (Phi) is 6.77. The molecule has 0 N–H and O–H groups in total. The fourth-order valence-corrected chi connectivity index (χ4v) is 5.87. The van der Waals surface area contributed by atoms with E-state index in [0.29, 0.717) is 5.89 Å². The summed E-state index contributed by atoms with van der Waals surface area (Å²) < 4.78 is 11.4. The van der Waals surface area contributed by atoms with Gasteiger partial charge >= 0.3 is 0 Å². The first kappa shape index (κ1) is 24.5. The van der Waals surface area contributed by atoms with Crippen molar-refractivity contribution in [1.82, 2.24) is 14.1 Å². The lowest BCUT2D eigenvalue weighted by Crippen LogP contribution is -1.95. The summed E-state index contributed by atoms with van der Waals surface area (Å²) in [5.74, 6) is 0.671. The minimum Gasteiger partial charge on any atom is -0.445 e. The van der Waals surface area contributed by atoms with Crippen molar-refractivity contribution >= 4 is 59.5 Å². The first-order valence-corrected chi connectivity index (χ1v) is 14.1. The van der Waals surface area contributed by atoms with Crippen LogP contribution in [0.3, 0.4) is 0 Å². The molecule has 0 bridgehead atoms. The molecule has 190 valence electrons. The maximum Gasteiger partial charge on any atom is 0.225 e. The van der Waals surface area contributed by atoms with Gasteiger partial charge in [0.05, 0.1) is 6.20 Å². The molecule has 0 saturated carbocycles. The predicted octanol–water partition coefficient (Wildman–Crippen LogP) is 9.83. The fourth-order valence-electron chi connectivity index (χ4n) is 5.51. The van der Waals surface area contributed by atoms with Crippen LogP contribution in [0, 0.1) is 0 Å². The van der Waals surface area contributed by atoms with Gasteiger partial charge in [0.15, 0.2) is 0 Å². The molecule has 0 amide bonds. The SMILES string of the molecule is CCCn1c2ccccc2c2cc(-c3ncco3)ccc21.CCCn1c2ccccc2c2cc(Br)ccc21. The van der Waals surface area contributed by atoms with Crippen LogP contribution >= 0.6 is 15.9 Å². The van der Waals surface area contributed by atoms with Gasteiger partial charge in [0.2, 0.25) is 5.89 Å². The largest absolute Gasteiger partial charge is 0.445 e. The zero-order valence-electron chi connectivity index (χ0n) is 21.7. The Balaban J connectivity index is 0.000000142. The van der Waals surface area contributed by atoms with Crippen molar-refractivity contribution in [2.45, 2.75) is 39.8 Å². The molecule has 0 spiro atoms. The third-order valence-corrected chi connectivity index (χ3v) is 7.57. The first-order chi connectivity index (χ1) is 18.7. The Morgan fingerprint density at radius 1 is 0.658 bits per heavy atom. The molecule has 0 aliphatic rings. The number of nitrogens with zero attached hydrogens (tertiary/aromatic N) is 3. The second kappa shape index (κ2) is 10.5. The number of rotatable bonds is 5. The quantitative estimate of drug-likeness (QED) is 0.209. The van der Waals surface area contributed by atoms with Crippen LogP contribution < -0.4 is 0 Å². The lowest BCUT2D eigenvalue weighted by atomic mass is 10.1. The number of para-hydroxylation sites is 2. The monoisotopic (exact) mass is 563 g/mol. The van der Waals surface area contributed by atoms with Gasteiger partial charge in [-0.3, -0.25) is 0 Å². The summed E-state index contributed by atoms with van der Waals surface area (Å²) >= 11 is 3.56. The lowest BCUT2D eigenvalue weighted by molar-refractivity contribution is 0.574. The third kappa shape index (κ3) is 4.31. The van der Waals surface area contributed by atoms with Crippen molar-refractivity contribution < 1.29 is 4.42 Å². The highest BCUT2D eigenvalue weighted by Crippen LogP contribution is 2.33. The number of benzene rings is 4. The minimum absolute atomic E-state index is 0.671. The lowest BCUT2D eigenvalue weighted by Gasteiger charge is -2.05. The van der Waals surface area contributed by atoms with Crippen LogP contribution in [0.15, 0.2) is 106 Å². The summed E-state index contributed by atoms with van der Waals surface area (Å²) in [6.07, 6.45) is 5.57. The smallest absolute Gasteiger partial charge is 0.225 e. The van der Waals surface area contributed by atoms with E-state index in [1.54, 1.807) is 12.5 Å². The van der Waals surface area contributed by atoms with Crippen molar-refractivity contribution in [1.29, 1.82) is 0 Å². The number of aromatic nitrogens is 3. The molecule has 0 radical (unpaired) electrons. The highest BCUT2D eigenvalue weighted by Gasteiger charge is 2.12. The molecule has 0 aliphatic carbocycles. The summed E-state index contributed by atoms with van der Waals surface area (Å²) in [4.78, 5) is 4.24. The van der Waals surface area contributed by atoms with Gasteiger partial charge in [-0.2, -0.15) is 0 Å². The Morgan fingerprint density at radius 2 is 1.21 bits per heavy atom. The maximum absolute atomic E-state index is 5.42. The van der Waals surface area contributed by atoms with Crippen LogP contribution in [-0.4, -0.2) is 14.1 Å². The van der Waals surface area contributed by atoms with Gasteiger partial charge in [0.25, 0.3) is 0 Å². The molecule has 4 aromatic carbocycles. The molecule has 3 heterocycles. The second-order valence-electron chi connectivity index (χ2n) is 9.57. The Labute approximate surface area is 230 Å². The van der Waals surface area contributed by atoms with Gasteiger partial charge in [-0.25, -0.2) is 4.98 Å². The second-order valence-corrected chi connectivity index (χ2v) is 10.5. The van der Waals surface area contributed by atoms with Crippen LogP contribution in [-0.2, 0) is 13.1 Å². The standard InChI is InChI=1S/C18H16N2O.C15H14BrN/c1-2-10-20-16-6-4-3-5-14(16)15-12-13(7-8-17(15)20)18-19-9-11-21-18;1-2-9-17-14-6-4-3-5-12(14)13-10-11(16)7-8-15(13)17/h3-9,11-12H,2,10H2,1H3;3-8,10H,2,9H2,1H3. The molecule has 3 aromatic heterocycles. The van der Waals surface area contributed by atoms with Gasteiger partial charge in [-0.15, -0.1) is 0 Å². The maximum atomic E-state index is 5.42. The van der Waals surface area contributed by atoms with Crippen molar-refractivity contribution in [2.75, 3.05) is 0 Å². The molecule has 0 fully saturated rings. The zero-order chi connectivity index (χ0) is 26.1. The molecule has 0 aliphatic heterocycles. The highest BCUT2D eigenvalue weighted by molar-refractivity contribution is 9.10. The van der Waals surface area contributed by atoms with Gasteiger partial charge in [-0.1, -0.05) is 66.2 Å². The third-order valence-electron chi connectivity index (χ3n) is 7.08. The number of hydrogen-bond donors (Lipinski definition) is 0. The van der Waals surface area contributed by atoms with E-state index in [1.807, 2.05) is 0 Å². The molecule has 0 unspecified atom stereocenters. The number of fused-ring (bicyclic) bond motifs is 6. The predicted molar refractivity (Wildman–Crippen MR) is 163 cm³/mol. The van der Waals surface area contributed by atoms with E-state index >= 15 is 0 Å². The van der Waals surface area contributed by atoms with Crippen molar-refractivity contribution in [3.8, 4) is 11.5 Å². The number of hydrogen-bond acceptors (Lipinski definition) is 2. The van der Waals surface area contributed by atoms with Gasteiger partial charge in [0.1, 0.15) is 6.26 Å². The minimum atomic E-state index is 0.671. The number of oxazole rings is 1. The fraction of sp³-hybridized carbons (Fsp3) is 0.182. The Morgan fingerprint density at radius 3 is 1.79 bits per heavy atom. The first-order valence-electron chi connectivity index (χ1n) is 13.3. The summed E-state index contributed by atoms with van der Waals surface area (Å²) in [6, 6.07) is 30.2. The molecule has 5 heteroatoms. The van der Waals surface area contributed by atoms with Gasteiger partial charge in [-0.05, 0) is 61.4 Å². The Hall–Kier alpha value is -3.83. The van der Waals surface area contributed by atoms with E-state index in [-0.39, 0.29) is 0 Å². The van der Waals surface area contributed by atoms with E-state index in [9.17, 15) is 0 Å². The molecule has 7 rings (SSSR count). The topological polar surface area (TPSA) is 35.9 Å². The van der Waals surface area contributed by atoms with Gasteiger partial charge in [0, 0.05) is 66.7 Å². The summed E-state index contributed by atoms with van der Waals surface area (Å²) in [5.41, 5.74) is 6.25. The molecule has 7 aromatic rings. The Bertz CT molecular complexity index is 1860. The van der Waals surface area contributed by atoms with E-state index in [2.05, 4.69) is 129 Å². The normalized spacial score (nSPS) is 11.4. The van der Waals surface area contributed by atoms with Crippen molar-refractivity contribution in [3.63, 3.8) is 0 Å². The number of halogens is 1. The van der Waals surface area contributed by atoms with Crippen molar-refractivity contribution in [2.24, 2.45) is 0 Å². The van der Waals surface area contributed by atoms with Crippen LogP contribution in [0.5, 0.6) is 0 Å². The molecule has 38 heavy (non-hydrogen) atoms. The van der Waals surface area contributed by atoms with Crippen LogP contribution in [0.25, 0.3) is 55.1 Å². The molecular weight excluding hydrogens is 534 g/mol. The van der Waals surface area contributed by atoms with E-state index in [0.717, 1.165) is 36.0 Å². The summed E-state index contributed by atoms with van der Waals surface area (Å²) in [7, 11) is 0. The molecule has 0 atom stereocenters. The molecule has 4 nitrogen and oxygen atoms in total. The van der Waals surface area contributed by atoms with Crippen molar-refractivity contribution in [3.05, 3.63) is 102 Å².